The Morgan fingerprint density at radius 3 is 2.58 bits per heavy atom. The minimum absolute atomic E-state index is 0.0486. The summed E-state index contributed by atoms with van der Waals surface area (Å²) in [5.41, 5.74) is 10.2. The van der Waals surface area contributed by atoms with E-state index < -0.39 is 0 Å². The highest BCUT2D eigenvalue weighted by atomic mass is 16.5. The number of hydrogen-bond donors (Lipinski definition) is 1. The highest BCUT2D eigenvalue weighted by molar-refractivity contribution is 5.37. The van der Waals surface area contributed by atoms with Crippen LogP contribution in [-0.2, 0) is 13.7 Å². The Bertz CT molecular complexity index is 573. The van der Waals surface area contributed by atoms with E-state index in [0.717, 1.165) is 28.3 Å². The normalized spacial score (nSPS) is 12.5. The second kappa shape index (κ2) is 5.45. The molecule has 0 saturated carbocycles. The Morgan fingerprint density at radius 1 is 1.32 bits per heavy atom. The number of benzene rings is 1. The first-order valence-corrected chi connectivity index (χ1v) is 6.46. The first kappa shape index (κ1) is 13.6. The van der Waals surface area contributed by atoms with Gasteiger partial charge < -0.3 is 10.5 Å². The Kier molecular flexibility index (Phi) is 3.90. The number of aromatic nitrogens is 2. The molecule has 1 heterocycles. The lowest BCUT2D eigenvalue weighted by atomic mass is 10.1. The third kappa shape index (κ3) is 3.15. The maximum atomic E-state index is 5.87. The van der Waals surface area contributed by atoms with Crippen LogP contribution in [0.5, 0.6) is 5.75 Å². The fourth-order valence-electron chi connectivity index (χ4n) is 2.07. The predicted molar refractivity (Wildman–Crippen MR) is 76.1 cm³/mol. The smallest absolute Gasteiger partial charge is 0.130 e. The lowest BCUT2D eigenvalue weighted by molar-refractivity contribution is 0.293. The summed E-state index contributed by atoms with van der Waals surface area (Å²) in [5.74, 6) is 0.892. The Balaban J connectivity index is 2.10. The van der Waals surface area contributed by atoms with E-state index in [1.165, 1.54) is 0 Å². The van der Waals surface area contributed by atoms with Crippen LogP contribution < -0.4 is 10.5 Å². The van der Waals surface area contributed by atoms with Crippen LogP contribution in [0.4, 0.5) is 0 Å². The average Bonchev–Trinajstić information content (AvgIpc) is 2.66. The van der Waals surface area contributed by atoms with Crippen LogP contribution in [-0.4, -0.2) is 9.78 Å². The van der Waals surface area contributed by atoms with Gasteiger partial charge in [-0.3, -0.25) is 4.68 Å². The van der Waals surface area contributed by atoms with Crippen molar-refractivity contribution in [3.05, 3.63) is 46.8 Å². The molecule has 0 aliphatic heterocycles. The van der Waals surface area contributed by atoms with Crippen molar-refractivity contribution in [3.63, 3.8) is 0 Å². The van der Waals surface area contributed by atoms with E-state index in [1.807, 2.05) is 50.7 Å². The molecule has 4 nitrogen and oxygen atoms in total. The van der Waals surface area contributed by atoms with E-state index >= 15 is 0 Å². The molecule has 1 aromatic carbocycles. The van der Waals surface area contributed by atoms with Crippen molar-refractivity contribution in [1.29, 1.82) is 0 Å². The number of nitrogens with zero attached hydrogens (tertiary/aromatic N) is 2. The van der Waals surface area contributed by atoms with Crippen molar-refractivity contribution >= 4 is 0 Å². The zero-order chi connectivity index (χ0) is 14.0. The first-order valence-electron chi connectivity index (χ1n) is 6.46. The molecule has 0 radical (unpaired) electrons. The lowest BCUT2D eigenvalue weighted by Gasteiger charge is -2.12. The second-order valence-corrected chi connectivity index (χ2v) is 5.00. The van der Waals surface area contributed by atoms with Crippen molar-refractivity contribution in [2.45, 2.75) is 33.4 Å². The molecule has 1 aromatic heterocycles. The van der Waals surface area contributed by atoms with Crippen molar-refractivity contribution in [2.24, 2.45) is 12.8 Å². The van der Waals surface area contributed by atoms with E-state index in [2.05, 4.69) is 11.2 Å². The summed E-state index contributed by atoms with van der Waals surface area (Å²) < 4.78 is 7.70. The average molecular weight is 259 g/mol. The van der Waals surface area contributed by atoms with Crippen LogP contribution in [0.25, 0.3) is 0 Å². The number of nitrogens with two attached hydrogens (primary N) is 1. The highest BCUT2D eigenvalue weighted by Gasteiger charge is 2.07. The molecule has 2 rings (SSSR count). The fraction of sp³-hybridized carbons (Fsp3) is 0.400. The van der Waals surface area contributed by atoms with Gasteiger partial charge in [0.05, 0.1) is 11.4 Å². The van der Waals surface area contributed by atoms with Crippen molar-refractivity contribution in [1.82, 2.24) is 9.78 Å². The van der Waals surface area contributed by atoms with Crippen LogP contribution in [0.15, 0.2) is 24.3 Å². The molecule has 19 heavy (non-hydrogen) atoms. The van der Waals surface area contributed by atoms with Crippen LogP contribution in [0, 0.1) is 13.8 Å². The topological polar surface area (TPSA) is 53.1 Å². The van der Waals surface area contributed by atoms with Gasteiger partial charge in [0.25, 0.3) is 0 Å². The number of rotatable bonds is 4. The molecule has 0 spiro atoms. The molecule has 4 heteroatoms. The minimum Gasteiger partial charge on any atom is -0.487 e. The summed E-state index contributed by atoms with van der Waals surface area (Å²) in [6.07, 6.45) is 0. The predicted octanol–water partition coefficient (Wildman–Crippen LogP) is 2.64. The van der Waals surface area contributed by atoms with Gasteiger partial charge in [-0.05, 0) is 44.0 Å². The van der Waals surface area contributed by atoms with Gasteiger partial charge in [-0.25, -0.2) is 0 Å². The van der Waals surface area contributed by atoms with Crippen LogP contribution in [0.2, 0.25) is 0 Å². The molecule has 0 amide bonds. The first-order chi connectivity index (χ1) is 8.97. The standard InChI is InChI=1S/C15H21N3O/c1-10-7-13(12(3)16)5-6-15(10)19-9-14-8-11(2)17-18(14)4/h5-8,12H,9,16H2,1-4H3. The molecule has 0 fully saturated rings. The number of aryl methyl sites for hydroxylation is 3. The largest absolute Gasteiger partial charge is 0.487 e. The summed E-state index contributed by atoms with van der Waals surface area (Å²) in [6, 6.07) is 8.16. The molecule has 0 aliphatic carbocycles. The molecule has 1 unspecified atom stereocenters. The van der Waals surface area contributed by atoms with Crippen molar-refractivity contribution in [3.8, 4) is 5.75 Å². The van der Waals surface area contributed by atoms with E-state index in [9.17, 15) is 0 Å². The van der Waals surface area contributed by atoms with Crippen molar-refractivity contribution in [2.75, 3.05) is 0 Å². The lowest BCUT2D eigenvalue weighted by Crippen LogP contribution is -2.06. The maximum absolute atomic E-state index is 5.87. The minimum atomic E-state index is 0.0486. The van der Waals surface area contributed by atoms with Crippen LogP contribution >= 0.6 is 0 Å². The molecule has 1 atom stereocenters. The Morgan fingerprint density at radius 2 is 2.05 bits per heavy atom. The zero-order valence-electron chi connectivity index (χ0n) is 12.0. The second-order valence-electron chi connectivity index (χ2n) is 5.00. The van der Waals surface area contributed by atoms with E-state index in [0.29, 0.717) is 6.61 Å². The van der Waals surface area contributed by atoms with Gasteiger partial charge in [0, 0.05) is 13.1 Å². The fourth-order valence-corrected chi connectivity index (χ4v) is 2.07. The van der Waals surface area contributed by atoms with Gasteiger partial charge in [-0.1, -0.05) is 12.1 Å². The van der Waals surface area contributed by atoms with Crippen LogP contribution in [0.3, 0.4) is 0 Å². The molecule has 2 N–H and O–H groups in total. The highest BCUT2D eigenvalue weighted by Crippen LogP contribution is 2.22. The van der Waals surface area contributed by atoms with E-state index in [1.54, 1.807) is 0 Å². The Hall–Kier alpha value is -1.81. The number of ether oxygens (including phenoxy) is 1. The van der Waals surface area contributed by atoms with Gasteiger partial charge in [0.15, 0.2) is 0 Å². The summed E-state index contributed by atoms with van der Waals surface area (Å²) in [6.45, 7) is 6.52. The summed E-state index contributed by atoms with van der Waals surface area (Å²) >= 11 is 0. The summed E-state index contributed by atoms with van der Waals surface area (Å²) in [7, 11) is 1.93. The van der Waals surface area contributed by atoms with E-state index in [-0.39, 0.29) is 6.04 Å². The molecule has 2 aromatic rings. The van der Waals surface area contributed by atoms with Crippen LogP contribution in [0.1, 0.15) is 35.5 Å². The molecule has 0 aliphatic rings. The van der Waals surface area contributed by atoms with E-state index in [4.69, 9.17) is 10.5 Å². The third-order valence-corrected chi connectivity index (χ3v) is 3.20. The quantitative estimate of drug-likeness (QED) is 0.918. The summed E-state index contributed by atoms with van der Waals surface area (Å²) in [5, 5.41) is 4.30. The zero-order valence-corrected chi connectivity index (χ0v) is 12.0. The molecule has 102 valence electrons. The van der Waals surface area contributed by atoms with Gasteiger partial charge in [0.1, 0.15) is 12.4 Å². The SMILES string of the molecule is Cc1cc(COc2ccc(C(C)N)cc2C)n(C)n1. The molecule has 0 saturated heterocycles. The molecular formula is C15H21N3O. The van der Waals surface area contributed by atoms with Gasteiger partial charge in [-0.2, -0.15) is 5.10 Å². The van der Waals surface area contributed by atoms with Crippen molar-refractivity contribution < 1.29 is 4.74 Å². The van der Waals surface area contributed by atoms with Gasteiger partial charge in [-0.15, -0.1) is 0 Å². The monoisotopic (exact) mass is 259 g/mol. The summed E-state index contributed by atoms with van der Waals surface area (Å²) in [4.78, 5) is 0. The maximum Gasteiger partial charge on any atom is 0.130 e. The molecule has 0 bridgehead atoms. The molecular weight excluding hydrogens is 238 g/mol. The number of hydrogen-bond acceptors (Lipinski definition) is 3. The van der Waals surface area contributed by atoms with Gasteiger partial charge in [0.2, 0.25) is 0 Å². The van der Waals surface area contributed by atoms with Gasteiger partial charge >= 0.3 is 0 Å². The third-order valence-electron chi connectivity index (χ3n) is 3.20. The Labute approximate surface area is 114 Å².